The monoisotopic (exact) mass is 1060 g/mol. The van der Waals surface area contributed by atoms with E-state index in [1.807, 2.05) is 0 Å². The van der Waals surface area contributed by atoms with Gasteiger partial charge >= 0.3 is 0 Å². The molecule has 4 fully saturated rings. The third-order valence-electron chi connectivity index (χ3n) is 25.3. The lowest BCUT2D eigenvalue weighted by Crippen LogP contribution is -2.63. The van der Waals surface area contributed by atoms with Crippen molar-refractivity contribution in [1.82, 2.24) is 0 Å². The van der Waals surface area contributed by atoms with Crippen LogP contribution in [-0.4, -0.2) is 12.8 Å². The van der Waals surface area contributed by atoms with Crippen LogP contribution in [0.3, 0.4) is 0 Å². The van der Waals surface area contributed by atoms with E-state index >= 15 is 0 Å². The Bertz CT molecular complexity index is 3460. The van der Waals surface area contributed by atoms with Gasteiger partial charge in [0.25, 0.3) is 6.71 Å². The van der Waals surface area contributed by atoms with E-state index in [1.54, 1.807) is 39.0 Å². The van der Waals surface area contributed by atoms with Crippen LogP contribution in [0.15, 0.2) is 82.3 Å². The molecule has 10 aliphatic carbocycles. The summed E-state index contributed by atoms with van der Waals surface area (Å²) in [6, 6.07) is 17.0. The quantitative estimate of drug-likeness (QED) is 0.167. The Morgan fingerprint density at radius 1 is 0.537 bits per heavy atom. The fourth-order valence-electron chi connectivity index (χ4n) is 20.2. The highest BCUT2D eigenvalue weighted by Gasteiger charge is 2.57. The Balaban J connectivity index is 1.10. The Kier molecular flexibility index (Phi) is 10.8. The molecule has 0 radical (unpaired) electrons. The number of rotatable bonds is 4. The third kappa shape index (κ3) is 7.35. The number of fused-ring (bicyclic) bond motifs is 8. The molecule has 0 saturated heterocycles. The minimum atomic E-state index is -0.0904. The molecule has 4 bridgehead atoms. The lowest BCUT2D eigenvalue weighted by atomic mass is 9.34. The molecule has 4 saturated carbocycles. The van der Waals surface area contributed by atoms with Crippen LogP contribution in [0.2, 0.25) is 0 Å². The second-order valence-corrected chi connectivity index (χ2v) is 34.4. The van der Waals surface area contributed by atoms with Gasteiger partial charge in [0.15, 0.2) is 0 Å². The molecule has 12 aliphatic rings. The molecule has 0 N–H and O–H groups in total. The lowest BCUT2D eigenvalue weighted by molar-refractivity contribution is -0.00514. The summed E-state index contributed by atoms with van der Waals surface area (Å²) in [6.45, 7) is 40.7. The Morgan fingerprint density at radius 2 is 1.07 bits per heavy atom. The smallest absolute Gasteiger partial charge is 0.297 e. The van der Waals surface area contributed by atoms with E-state index in [1.165, 1.54) is 145 Å². The van der Waals surface area contributed by atoms with Crippen molar-refractivity contribution >= 4 is 57.3 Å². The highest BCUT2D eigenvalue weighted by atomic mass is 16.3. The molecule has 80 heavy (non-hydrogen) atoms. The van der Waals surface area contributed by atoms with Crippen molar-refractivity contribution < 1.29 is 4.42 Å². The van der Waals surface area contributed by atoms with Gasteiger partial charge in [0.1, 0.15) is 5.76 Å². The molecule has 1 atom stereocenters. The second-order valence-electron chi connectivity index (χ2n) is 34.4. The highest BCUT2D eigenvalue weighted by molar-refractivity contribution is 6.99. The van der Waals surface area contributed by atoms with Crippen LogP contribution in [0, 0.1) is 28.6 Å². The minimum Gasteiger partial charge on any atom is -0.472 e. The fraction of sp³-hybridized carbons (Fsp3) is 0.605. The first-order valence-corrected chi connectivity index (χ1v) is 32.6. The SMILES string of the molecule is CC1(C)CCC(C)(C)C2=C1C=CC(N1c3cc(C45CC6CC(CC(C6)C4)C5)cc4c3B(c3cc5c(cc3N4c3cc4c(cc3C3=CC=CCC3)C(C)(C)CCC4(C)C)C(C)(C)CCC5(C)C)c3oc4c(c31)C(C)(C)CCC4(C)C)C2. The number of anilines is 5. The number of hydrogen-bond donors (Lipinski definition) is 0. The molecular formula is C76H97BN2O. The number of hydrogen-bond acceptors (Lipinski definition) is 3. The van der Waals surface area contributed by atoms with Crippen molar-refractivity contribution in [2.45, 2.75) is 264 Å². The van der Waals surface area contributed by atoms with Crippen molar-refractivity contribution in [3.8, 4) is 0 Å². The average Bonchev–Trinajstić information content (AvgIpc) is 3.97. The molecule has 1 aromatic heterocycles. The molecule has 16 rings (SSSR count). The summed E-state index contributed by atoms with van der Waals surface area (Å²) in [6.07, 6.45) is 33.7. The molecule has 1 unspecified atom stereocenters. The number of benzene rings is 3. The number of furan rings is 1. The van der Waals surface area contributed by atoms with E-state index in [0.717, 1.165) is 49.9 Å². The van der Waals surface area contributed by atoms with Gasteiger partial charge in [-0.3, -0.25) is 0 Å². The summed E-state index contributed by atoms with van der Waals surface area (Å²) in [5.41, 5.74) is 27.4. The molecule has 4 heteroatoms. The molecule has 3 nitrogen and oxygen atoms in total. The van der Waals surface area contributed by atoms with Gasteiger partial charge in [0.2, 0.25) is 0 Å². The maximum Gasteiger partial charge on any atom is 0.297 e. The van der Waals surface area contributed by atoms with Gasteiger partial charge in [-0.05, 0) is 250 Å². The van der Waals surface area contributed by atoms with Gasteiger partial charge in [-0.15, -0.1) is 0 Å². The summed E-state index contributed by atoms with van der Waals surface area (Å²) >= 11 is 0. The van der Waals surface area contributed by atoms with Crippen LogP contribution in [0.1, 0.15) is 265 Å². The van der Waals surface area contributed by atoms with Crippen LogP contribution >= 0.6 is 0 Å². The van der Waals surface area contributed by atoms with E-state index in [4.69, 9.17) is 4.42 Å². The van der Waals surface area contributed by atoms with Gasteiger partial charge in [-0.2, -0.15) is 0 Å². The molecule has 2 aliphatic heterocycles. The first-order valence-electron chi connectivity index (χ1n) is 32.6. The standard InChI is InChI=1S/C76H97BN2O/c1-68(2)24-25-69(3,4)53-37-50(22-23-52(53)68)78-61-35-49(76-42-45-32-46(43-76)34-47(33-45)44-76)36-62-64(61)77(67-65(78)63-66(80-67)75(15,16)31-30-74(63,13)14)58-39-55-57(73(11,12)29-27-71(55,7)8)41-60(58)79(62)59-40-56-54(70(5,6)26-28-72(56,9)10)38-51(59)48-20-18-17-19-21-48/h17-18,20,22-23,35-36,38-41,45-47,50H,19,21,24-34,37,42-44H2,1-16H3. The van der Waals surface area contributed by atoms with E-state index in [2.05, 4.69) is 187 Å². The predicted molar refractivity (Wildman–Crippen MR) is 340 cm³/mol. The van der Waals surface area contributed by atoms with Gasteiger partial charge in [0, 0.05) is 33.6 Å². The first kappa shape index (κ1) is 52.4. The van der Waals surface area contributed by atoms with Gasteiger partial charge in [-0.1, -0.05) is 153 Å². The van der Waals surface area contributed by atoms with Gasteiger partial charge < -0.3 is 14.2 Å². The van der Waals surface area contributed by atoms with E-state index in [9.17, 15) is 0 Å². The summed E-state index contributed by atoms with van der Waals surface area (Å²) in [7, 11) is 0. The van der Waals surface area contributed by atoms with Crippen molar-refractivity contribution in [2.75, 3.05) is 9.80 Å². The van der Waals surface area contributed by atoms with E-state index < -0.39 is 0 Å². The average molecular weight is 1070 g/mol. The lowest BCUT2D eigenvalue weighted by Gasteiger charge is -2.57. The normalized spacial score (nSPS) is 31.1. The van der Waals surface area contributed by atoms with Gasteiger partial charge in [0.05, 0.1) is 23.1 Å². The van der Waals surface area contributed by atoms with Crippen LogP contribution in [0.25, 0.3) is 5.57 Å². The summed E-state index contributed by atoms with van der Waals surface area (Å²) < 4.78 is 8.13. The van der Waals surface area contributed by atoms with Crippen LogP contribution < -0.4 is 26.4 Å². The van der Waals surface area contributed by atoms with Crippen LogP contribution in [0.5, 0.6) is 0 Å². The molecule has 3 heterocycles. The first-order chi connectivity index (χ1) is 37.5. The van der Waals surface area contributed by atoms with Crippen molar-refractivity contribution in [1.29, 1.82) is 0 Å². The molecule has 3 aromatic carbocycles. The van der Waals surface area contributed by atoms with Crippen LogP contribution in [0.4, 0.5) is 28.4 Å². The third-order valence-corrected chi connectivity index (χ3v) is 25.3. The Labute approximate surface area is 484 Å². The molecule has 4 aromatic rings. The molecule has 420 valence electrons. The Hall–Kier alpha value is -4.44. The zero-order valence-corrected chi connectivity index (χ0v) is 52.6. The predicted octanol–water partition coefficient (Wildman–Crippen LogP) is 18.7. The maximum atomic E-state index is 8.13. The fourth-order valence-corrected chi connectivity index (χ4v) is 20.2. The number of nitrogens with zero attached hydrogens (tertiary/aromatic N) is 2. The van der Waals surface area contributed by atoms with Crippen LogP contribution in [-0.2, 0) is 37.9 Å². The van der Waals surface area contributed by atoms with Crippen molar-refractivity contribution in [3.63, 3.8) is 0 Å². The summed E-state index contributed by atoms with van der Waals surface area (Å²) in [4.78, 5) is 5.95. The van der Waals surface area contributed by atoms with E-state index in [-0.39, 0.29) is 61.5 Å². The maximum absolute atomic E-state index is 8.13. The Morgan fingerprint density at radius 3 is 1.69 bits per heavy atom. The zero-order chi connectivity index (χ0) is 56.0. The summed E-state index contributed by atoms with van der Waals surface area (Å²) in [5.74, 6) is 3.78. The molecule has 0 amide bonds. The van der Waals surface area contributed by atoms with Crippen molar-refractivity contribution in [3.05, 3.63) is 123 Å². The topological polar surface area (TPSA) is 19.6 Å². The highest BCUT2D eigenvalue weighted by Crippen LogP contribution is 2.64. The molecular weight excluding hydrogens is 968 g/mol. The minimum absolute atomic E-state index is 0.0358. The van der Waals surface area contributed by atoms with Gasteiger partial charge in [-0.25, -0.2) is 0 Å². The zero-order valence-electron chi connectivity index (χ0n) is 52.6. The number of allylic oxidation sites excluding steroid dienone is 6. The molecule has 0 spiro atoms. The largest absolute Gasteiger partial charge is 0.472 e. The second kappa shape index (κ2) is 16.5. The summed E-state index contributed by atoms with van der Waals surface area (Å²) in [5, 5.41) is 0. The van der Waals surface area contributed by atoms with Crippen molar-refractivity contribution in [2.24, 2.45) is 28.6 Å². The van der Waals surface area contributed by atoms with E-state index in [0.29, 0.717) is 0 Å².